The maximum Gasteiger partial charge on any atom is 0.180 e. The molecule has 0 aromatic rings. The molecule has 0 spiro atoms. The van der Waals surface area contributed by atoms with Gasteiger partial charge in [0.1, 0.15) is 6.07 Å². The number of ether oxygens (including phenoxy) is 1. The SMILES string of the molecule is COC1(C#N)[CH]C=CC(Cl)=C1. The van der Waals surface area contributed by atoms with Gasteiger partial charge >= 0.3 is 0 Å². The van der Waals surface area contributed by atoms with Gasteiger partial charge in [-0.3, -0.25) is 0 Å². The standard InChI is InChI=1S/C8H7ClNO/c1-11-8(6-10)4-2-3-7(9)5-8/h2-5H,1H3. The first-order valence-corrected chi connectivity index (χ1v) is 3.47. The number of nitriles is 1. The van der Waals surface area contributed by atoms with Crippen LogP contribution in [-0.4, -0.2) is 12.7 Å². The molecule has 1 aliphatic carbocycles. The predicted molar refractivity (Wildman–Crippen MR) is 42.7 cm³/mol. The van der Waals surface area contributed by atoms with E-state index in [0.717, 1.165) is 0 Å². The third-order valence-electron chi connectivity index (χ3n) is 1.46. The van der Waals surface area contributed by atoms with Crippen LogP contribution in [0.5, 0.6) is 0 Å². The van der Waals surface area contributed by atoms with E-state index < -0.39 is 5.60 Å². The van der Waals surface area contributed by atoms with Gasteiger partial charge in [-0.1, -0.05) is 17.7 Å². The quantitative estimate of drug-likeness (QED) is 0.598. The fourth-order valence-electron chi connectivity index (χ4n) is 0.826. The van der Waals surface area contributed by atoms with Crippen LogP contribution in [0.25, 0.3) is 0 Å². The Bertz CT molecular complexity index is 251. The van der Waals surface area contributed by atoms with E-state index in [4.69, 9.17) is 21.6 Å². The Labute approximate surface area is 70.7 Å². The molecule has 0 heterocycles. The first kappa shape index (κ1) is 8.32. The molecule has 0 saturated carbocycles. The van der Waals surface area contributed by atoms with E-state index in [-0.39, 0.29) is 0 Å². The minimum atomic E-state index is -0.966. The maximum atomic E-state index is 8.72. The first-order chi connectivity index (χ1) is 5.22. The number of hydrogen-bond acceptors (Lipinski definition) is 2. The number of nitrogens with zero attached hydrogens (tertiary/aromatic N) is 1. The van der Waals surface area contributed by atoms with Crippen LogP contribution in [0, 0.1) is 17.8 Å². The van der Waals surface area contributed by atoms with Crippen LogP contribution in [0.4, 0.5) is 0 Å². The summed E-state index contributed by atoms with van der Waals surface area (Å²) < 4.78 is 4.97. The van der Waals surface area contributed by atoms with Crippen LogP contribution >= 0.6 is 11.6 Å². The van der Waals surface area contributed by atoms with Crippen LogP contribution < -0.4 is 0 Å². The molecule has 11 heavy (non-hydrogen) atoms. The summed E-state index contributed by atoms with van der Waals surface area (Å²) >= 11 is 5.68. The number of rotatable bonds is 1. The van der Waals surface area contributed by atoms with Gasteiger partial charge in [-0.25, -0.2) is 0 Å². The largest absolute Gasteiger partial charge is 0.359 e. The fourth-order valence-corrected chi connectivity index (χ4v) is 1.06. The van der Waals surface area contributed by atoms with Gasteiger partial charge in [-0.05, 0) is 12.2 Å². The van der Waals surface area contributed by atoms with Crippen LogP contribution in [-0.2, 0) is 4.74 Å². The highest BCUT2D eigenvalue weighted by molar-refractivity contribution is 6.31. The van der Waals surface area contributed by atoms with Crippen molar-refractivity contribution in [2.75, 3.05) is 7.11 Å². The van der Waals surface area contributed by atoms with Crippen LogP contribution in [0.15, 0.2) is 23.3 Å². The lowest BCUT2D eigenvalue weighted by molar-refractivity contribution is 0.110. The Morgan fingerprint density at radius 2 is 2.45 bits per heavy atom. The van der Waals surface area contributed by atoms with Gasteiger partial charge in [-0.2, -0.15) is 5.26 Å². The smallest absolute Gasteiger partial charge is 0.180 e. The average molecular weight is 169 g/mol. The highest BCUT2D eigenvalue weighted by Crippen LogP contribution is 2.24. The third kappa shape index (κ3) is 1.62. The lowest BCUT2D eigenvalue weighted by Crippen LogP contribution is -2.28. The maximum absolute atomic E-state index is 8.72. The Hall–Kier alpha value is -0.780. The van der Waals surface area contributed by atoms with Gasteiger partial charge in [0, 0.05) is 18.6 Å². The van der Waals surface area contributed by atoms with E-state index in [1.807, 2.05) is 6.07 Å². The monoisotopic (exact) mass is 168 g/mol. The molecule has 1 rings (SSSR count). The molecule has 0 N–H and O–H groups in total. The van der Waals surface area contributed by atoms with E-state index in [1.165, 1.54) is 7.11 Å². The fraction of sp³-hybridized carbons (Fsp3) is 0.250. The van der Waals surface area contributed by atoms with Gasteiger partial charge in [0.25, 0.3) is 0 Å². The summed E-state index contributed by atoms with van der Waals surface area (Å²) in [6, 6.07) is 2.01. The molecule has 1 aliphatic rings. The summed E-state index contributed by atoms with van der Waals surface area (Å²) in [6.07, 6.45) is 6.62. The molecule has 0 bridgehead atoms. The van der Waals surface area contributed by atoms with Crippen molar-refractivity contribution < 1.29 is 4.74 Å². The van der Waals surface area contributed by atoms with Crippen molar-refractivity contribution in [1.29, 1.82) is 5.26 Å². The second-order valence-corrected chi connectivity index (χ2v) is 2.60. The molecule has 0 amide bonds. The first-order valence-electron chi connectivity index (χ1n) is 3.10. The average Bonchev–Trinajstić information content (AvgIpc) is 2.04. The van der Waals surface area contributed by atoms with Crippen molar-refractivity contribution in [3.8, 4) is 6.07 Å². The second-order valence-electron chi connectivity index (χ2n) is 2.16. The van der Waals surface area contributed by atoms with Gasteiger partial charge < -0.3 is 4.74 Å². The van der Waals surface area contributed by atoms with Gasteiger partial charge in [0.05, 0.1) is 0 Å². The van der Waals surface area contributed by atoms with Crippen molar-refractivity contribution in [3.63, 3.8) is 0 Å². The summed E-state index contributed by atoms with van der Waals surface area (Å²) in [5.41, 5.74) is -0.966. The van der Waals surface area contributed by atoms with Gasteiger partial charge in [0.2, 0.25) is 0 Å². The van der Waals surface area contributed by atoms with Gasteiger partial charge in [-0.15, -0.1) is 0 Å². The lowest BCUT2D eigenvalue weighted by Gasteiger charge is -2.21. The van der Waals surface area contributed by atoms with Crippen LogP contribution in [0.2, 0.25) is 0 Å². The zero-order valence-electron chi connectivity index (χ0n) is 6.04. The normalized spacial score (nSPS) is 29.4. The second kappa shape index (κ2) is 3.08. The summed E-state index contributed by atoms with van der Waals surface area (Å²) in [5, 5.41) is 9.24. The zero-order chi connectivity index (χ0) is 8.32. The topological polar surface area (TPSA) is 33.0 Å². The lowest BCUT2D eigenvalue weighted by atomic mass is 9.97. The van der Waals surface area contributed by atoms with Crippen molar-refractivity contribution in [3.05, 3.63) is 29.7 Å². The Kier molecular flexibility index (Phi) is 2.33. The summed E-state index contributed by atoms with van der Waals surface area (Å²) in [5.74, 6) is 0. The van der Waals surface area contributed by atoms with E-state index in [0.29, 0.717) is 5.03 Å². The molecule has 0 fully saturated rings. The van der Waals surface area contributed by atoms with Crippen molar-refractivity contribution >= 4 is 11.6 Å². The summed E-state index contributed by atoms with van der Waals surface area (Å²) in [7, 11) is 1.47. The Morgan fingerprint density at radius 3 is 2.82 bits per heavy atom. The Balaban J connectivity index is 2.91. The highest BCUT2D eigenvalue weighted by Gasteiger charge is 2.28. The molecule has 1 unspecified atom stereocenters. The minimum Gasteiger partial charge on any atom is -0.359 e. The molecule has 0 saturated heterocycles. The summed E-state index contributed by atoms with van der Waals surface area (Å²) in [4.78, 5) is 0. The van der Waals surface area contributed by atoms with Crippen LogP contribution in [0.1, 0.15) is 0 Å². The molecule has 0 aromatic carbocycles. The number of allylic oxidation sites excluding steroid dienone is 2. The summed E-state index contributed by atoms with van der Waals surface area (Å²) in [6.45, 7) is 0. The molecule has 2 nitrogen and oxygen atoms in total. The number of halogens is 1. The zero-order valence-corrected chi connectivity index (χ0v) is 6.80. The molecular weight excluding hydrogens is 162 g/mol. The molecule has 1 atom stereocenters. The molecule has 3 heteroatoms. The number of hydrogen-bond donors (Lipinski definition) is 0. The molecule has 1 radical (unpaired) electrons. The van der Waals surface area contributed by atoms with Crippen molar-refractivity contribution in [1.82, 2.24) is 0 Å². The minimum absolute atomic E-state index is 0.524. The van der Waals surface area contributed by atoms with Crippen molar-refractivity contribution in [2.24, 2.45) is 0 Å². The van der Waals surface area contributed by atoms with E-state index in [2.05, 4.69) is 0 Å². The van der Waals surface area contributed by atoms with Crippen LogP contribution in [0.3, 0.4) is 0 Å². The molecule has 0 aliphatic heterocycles. The highest BCUT2D eigenvalue weighted by atomic mass is 35.5. The van der Waals surface area contributed by atoms with Crippen molar-refractivity contribution in [2.45, 2.75) is 5.60 Å². The van der Waals surface area contributed by atoms with Gasteiger partial charge in [0.15, 0.2) is 5.60 Å². The molecule has 57 valence electrons. The number of methoxy groups -OCH3 is 1. The third-order valence-corrected chi connectivity index (χ3v) is 1.70. The Morgan fingerprint density at radius 1 is 1.73 bits per heavy atom. The molecular formula is C8H7ClNO. The van der Waals surface area contributed by atoms with E-state index >= 15 is 0 Å². The predicted octanol–water partition coefficient (Wildman–Crippen LogP) is 1.79. The van der Waals surface area contributed by atoms with E-state index in [9.17, 15) is 0 Å². The molecule has 0 aromatic heterocycles. The van der Waals surface area contributed by atoms with E-state index in [1.54, 1.807) is 24.6 Å².